The minimum atomic E-state index is -0.982. The highest BCUT2D eigenvalue weighted by Gasteiger charge is 2.48. The van der Waals surface area contributed by atoms with Crippen molar-refractivity contribution in [1.82, 2.24) is 0 Å². The van der Waals surface area contributed by atoms with Gasteiger partial charge in [-0.2, -0.15) is 0 Å². The van der Waals surface area contributed by atoms with Crippen molar-refractivity contribution in [3.63, 3.8) is 0 Å². The van der Waals surface area contributed by atoms with E-state index in [4.69, 9.17) is 28.4 Å². The van der Waals surface area contributed by atoms with Gasteiger partial charge in [-0.1, -0.05) is 0 Å². The van der Waals surface area contributed by atoms with Crippen LogP contribution in [0, 0.1) is 5.92 Å². The Morgan fingerprint density at radius 1 is 0.900 bits per heavy atom. The van der Waals surface area contributed by atoms with Crippen molar-refractivity contribution in [2.75, 3.05) is 28.1 Å². The number of cyclic esters (lactones) is 1. The summed E-state index contributed by atoms with van der Waals surface area (Å²) in [6.45, 7) is 0.108. The van der Waals surface area contributed by atoms with Gasteiger partial charge in [-0.25, -0.2) is 0 Å². The van der Waals surface area contributed by atoms with Crippen LogP contribution >= 0.6 is 0 Å². The molecule has 0 aromatic heterocycles. The molecule has 0 bridgehead atoms. The number of rotatable bonds is 4. The third-order valence-electron chi connectivity index (χ3n) is 5.83. The molecule has 1 unspecified atom stereocenters. The van der Waals surface area contributed by atoms with Crippen LogP contribution in [0.15, 0.2) is 36.1 Å². The second-order valence-electron chi connectivity index (χ2n) is 7.21. The van der Waals surface area contributed by atoms with Crippen molar-refractivity contribution in [3.05, 3.63) is 52.8 Å². The van der Waals surface area contributed by atoms with E-state index < -0.39 is 23.9 Å². The van der Waals surface area contributed by atoms with Crippen LogP contribution in [0.4, 0.5) is 0 Å². The maximum Gasteiger partial charge on any atom is 0.319 e. The van der Waals surface area contributed by atoms with Crippen LogP contribution < -0.4 is 23.7 Å². The van der Waals surface area contributed by atoms with Crippen LogP contribution in [-0.2, 0) is 9.53 Å². The van der Waals surface area contributed by atoms with Crippen molar-refractivity contribution >= 4 is 5.97 Å². The first-order valence-electron chi connectivity index (χ1n) is 9.39. The monoisotopic (exact) mass is 412 g/mol. The summed E-state index contributed by atoms with van der Waals surface area (Å²) in [5, 5.41) is 11.0. The zero-order valence-corrected chi connectivity index (χ0v) is 16.6. The third-order valence-corrected chi connectivity index (χ3v) is 5.83. The molecule has 0 saturated heterocycles. The Morgan fingerprint density at radius 2 is 1.53 bits per heavy atom. The summed E-state index contributed by atoms with van der Waals surface area (Å²) in [5.41, 5.74) is 2.65. The predicted octanol–water partition coefficient (Wildman–Crippen LogP) is 2.68. The van der Waals surface area contributed by atoms with Gasteiger partial charge < -0.3 is 33.5 Å². The Bertz CT molecular complexity index is 1050. The molecule has 1 N–H and O–H groups in total. The maximum atomic E-state index is 12.7. The minimum absolute atomic E-state index is 0.108. The Morgan fingerprint density at radius 3 is 2.13 bits per heavy atom. The molecule has 0 radical (unpaired) electrons. The summed E-state index contributed by atoms with van der Waals surface area (Å²) in [5.74, 6) is 0.956. The standard InChI is InChI=1S/C22H20O8/c1-25-16-4-10(5-17(26-2)21(16)27-3)18-11-6-14-15(30-9-29-14)7-12(11)20(23)13-8-28-22(24)19(13)18/h4-8,18-20,23H,9H2,1-3H3/t18-,19?,20+/m1/s1. The Kier molecular flexibility index (Phi) is 4.25. The number of carbonyl (C=O) groups excluding carboxylic acids is 1. The topological polar surface area (TPSA) is 92.7 Å². The van der Waals surface area contributed by atoms with Gasteiger partial charge in [-0.3, -0.25) is 4.79 Å². The molecule has 8 heteroatoms. The summed E-state index contributed by atoms with van der Waals surface area (Å²) < 4.78 is 32.7. The van der Waals surface area contributed by atoms with Gasteiger partial charge in [0.2, 0.25) is 12.5 Å². The van der Waals surface area contributed by atoms with Crippen molar-refractivity contribution in [2.24, 2.45) is 5.92 Å². The first-order valence-corrected chi connectivity index (χ1v) is 9.39. The summed E-state index contributed by atoms with van der Waals surface area (Å²) in [6.07, 6.45) is 0.361. The van der Waals surface area contributed by atoms with Gasteiger partial charge in [0.15, 0.2) is 23.0 Å². The number of benzene rings is 2. The number of aliphatic hydroxyl groups excluding tert-OH is 1. The molecule has 3 aliphatic rings. The van der Waals surface area contributed by atoms with Crippen molar-refractivity contribution in [1.29, 1.82) is 0 Å². The quantitative estimate of drug-likeness (QED) is 0.767. The number of ether oxygens (including phenoxy) is 6. The zero-order chi connectivity index (χ0) is 21.0. The van der Waals surface area contributed by atoms with E-state index in [0.717, 1.165) is 11.1 Å². The molecule has 2 aliphatic heterocycles. The van der Waals surface area contributed by atoms with Crippen LogP contribution in [0.3, 0.4) is 0 Å². The maximum absolute atomic E-state index is 12.7. The highest BCUT2D eigenvalue weighted by atomic mass is 16.7. The number of aliphatic hydroxyl groups is 1. The van der Waals surface area contributed by atoms with Gasteiger partial charge in [0.25, 0.3) is 0 Å². The number of carbonyl (C=O) groups is 1. The van der Waals surface area contributed by atoms with E-state index in [0.29, 0.717) is 39.9 Å². The molecule has 0 amide bonds. The molecule has 3 atom stereocenters. The van der Waals surface area contributed by atoms with E-state index >= 15 is 0 Å². The summed E-state index contributed by atoms with van der Waals surface area (Å²) in [7, 11) is 4.60. The van der Waals surface area contributed by atoms with Crippen LogP contribution in [0.2, 0.25) is 0 Å². The number of hydrogen-bond donors (Lipinski definition) is 1. The molecule has 2 heterocycles. The molecule has 0 spiro atoms. The fraction of sp³-hybridized carbons (Fsp3) is 0.318. The van der Waals surface area contributed by atoms with E-state index in [1.54, 1.807) is 18.2 Å². The number of fused-ring (bicyclic) bond motifs is 3. The molecular formula is C22H20O8. The van der Waals surface area contributed by atoms with E-state index in [2.05, 4.69) is 0 Å². The minimum Gasteiger partial charge on any atom is -0.493 e. The van der Waals surface area contributed by atoms with Gasteiger partial charge >= 0.3 is 5.97 Å². The van der Waals surface area contributed by atoms with E-state index in [9.17, 15) is 9.90 Å². The first kappa shape index (κ1) is 18.6. The van der Waals surface area contributed by atoms with Crippen LogP contribution in [0.25, 0.3) is 0 Å². The molecule has 2 aromatic carbocycles. The van der Waals surface area contributed by atoms with Crippen LogP contribution in [0.5, 0.6) is 28.7 Å². The molecule has 156 valence electrons. The van der Waals surface area contributed by atoms with Crippen LogP contribution in [0.1, 0.15) is 28.7 Å². The number of methoxy groups -OCH3 is 3. The van der Waals surface area contributed by atoms with E-state index in [1.165, 1.54) is 27.6 Å². The first-order chi connectivity index (χ1) is 14.6. The van der Waals surface area contributed by atoms with E-state index in [-0.39, 0.29) is 6.79 Å². The molecule has 5 rings (SSSR count). The molecule has 0 saturated carbocycles. The van der Waals surface area contributed by atoms with Crippen molar-refractivity contribution in [2.45, 2.75) is 12.0 Å². The van der Waals surface area contributed by atoms with Crippen molar-refractivity contribution in [3.8, 4) is 28.7 Å². The normalized spacial score (nSPS) is 23.3. The Hall–Kier alpha value is -3.39. The fourth-order valence-corrected chi connectivity index (χ4v) is 4.46. The highest BCUT2D eigenvalue weighted by molar-refractivity contribution is 5.83. The lowest BCUT2D eigenvalue weighted by Gasteiger charge is -2.34. The number of esters is 1. The van der Waals surface area contributed by atoms with Crippen molar-refractivity contribution < 1.29 is 38.3 Å². The summed E-state index contributed by atoms with van der Waals surface area (Å²) in [4.78, 5) is 12.7. The SMILES string of the molecule is COc1cc([C@@H]2c3cc4c(cc3[C@H](O)C3=COC(=O)C32)OCO4)cc(OC)c1OC. The smallest absolute Gasteiger partial charge is 0.319 e. The lowest BCUT2D eigenvalue weighted by Crippen LogP contribution is -2.30. The largest absolute Gasteiger partial charge is 0.493 e. The molecule has 0 fully saturated rings. The fourth-order valence-electron chi connectivity index (χ4n) is 4.46. The molecule has 2 aromatic rings. The zero-order valence-electron chi connectivity index (χ0n) is 16.6. The summed E-state index contributed by atoms with van der Waals surface area (Å²) in [6, 6.07) is 7.19. The highest BCUT2D eigenvalue weighted by Crippen LogP contribution is 2.55. The van der Waals surface area contributed by atoms with E-state index in [1.807, 2.05) is 6.07 Å². The molecule has 30 heavy (non-hydrogen) atoms. The Labute approximate surface area is 172 Å². The summed E-state index contributed by atoms with van der Waals surface area (Å²) >= 11 is 0. The predicted molar refractivity (Wildman–Crippen MR) is 103 cm³/mol. The lowest BCUT2D eigenvalue weighted by molar-refractivity contribution is -0.139. The lowest BCUT2D eigenvalue weighted by atomic mass is 9.69. The average Bonchev–Trinajstić information content (AvgIpc) is 3.38. The molecule has 8 nitrogen and oxygen atoms in total. The Balaban J connectivity index is 1.76. The van der Waals surface area contributed by atoms with Gasteiger partial charge in [0.05, 0.1) is 33.5 Å². The molecule has 1 aliphatic carbocycles. The second-order valence-corrected chi connectivity index (χ2v) is 7.21. The van der Waals surface area contributed by atoms with Crippen LogP contribution in [-0.4, -0.2) is 39.2 Å². The van der Waals surface area contributed by atoms with Gasteiger partial charge in [0.1, 0.15) is 6.10 Å². The number of hydrogen-bond acceptors (Lipinski definition) is 8. The molecular weight excluding hydrogens is 392 g/mol. The van der Waals surface area contributed by atoms with Gasteiger partial charge in [-0.15, -0.1) is 0 Å². The third kappa shape index (κ3) is 2.53. The van der Waals surface area contributed by atoms with Gasteiger partial charge in [-0.05, 0) is 41.0 Å². The second kappa shape index (κ2) is 6.84. The average molecular weight is 412 g/mol. The van der Waals surface area contributed by atoms with Gasteiger partial charge in [0, 0.05) is 11.5 Å².